The third kappa shape index (κ3) is 4.08. The predicted molar refractivity (Wildman–Crippen MR) is 101 cm³/mol. The molecule has 132 valence electrons. The highest BCUT2D eigenvalue weighted by atomic mass is 32.1. The van der Waals surface area contributed by atoms with Gasteiger partial charge in [-0.1, -0.05) is 6.07 Å². The molecule has 2 aromatic rings. The van der Waals surface area contributed by atoms with Crippen LogP contribution in [0.5, 0.6) is 0 Å². The van der Waals surface area contributed by atoms with Crippen molar-refractivity contribution in [1.29, 1.82) is 0 Å². The molecule has 0 saturated carbocycles. The number of thiophene rings is 1. The topological polar surface area (TPSA) is 61.4 Å². The Labute approximate surface area is 152 Å². The highest BCUT2D eigenvalue weighted by Gasteiger charge is 2.26. The molecular weight excluding hydrogens is 334 g/mol. The summed E-state index contributed by atoms with van der Waals surface area (Å²) in [5.41, 5.74) is 2.53. The smallest absolute Gasteiger partial charge is 0.251 e. The highest BCUT2D eigenvalue weighted by molar-refractivity contribution is 7.10. The Hall–Kier alpha value is -2.18. The van der Waals surface area contributed by atoms with Gasteiger partial charge in [-0.2, -0.15) is 0 Å². The number of hydrogen-bond acceptors (Lipinski definition) is 4. The van der Waals surface area contributed by atoms with E-state index in [-0.39, 0.29) is 17.9 Å². The molecule has 6 heteroatoms. The van der Waals surface area contributed by atoms with Gasteiger partial charge in [0.15, 0.2) is 0 Å². The van der Waals surface area contributed by atoms with Gasteiger partial charge in [-0.05, 0) is 55.5 Å². The molecule has 0 bridgehead atoms. The van der Waals surface area contributed by atoms with Gasteiger partial charge in [-0.3, -0.25) is 14.5 Å². The van der Waals surface area contributed by atoms with Crippen LogP contribution >= 0.6 is 11.3 Å². The lowest BCUT2D eigenvalue weighted by Crippen LogP contribution is -2.39. The molecule has 1 aliphatic heterocycles. The maximum Gasteiger partial charge on any atom is 0.251 e. The van der Waals surface area contributed by atoms with Gasteiger partial charge in [0.25, 0.3) is 5.91 Å². The average molecular weight is 357 g/mol. The number of fused-ring (bicyclic) bond motifs is 1. The van der Waals surface area contributed by atoms with Gasteiger partial charge in [0.1, 0.15) is 0 Å². The summed E-state index contributed by atoms with van der Waals surface area (Å²) in [5, 5.41) is 7.79. The third-order valence-electron chi connectivity index (χ3n) is 4.50. The van der Waals surface area contributed by atoms with Crippen LogP contribution in [0.4, 0.5) is 5.69 Å². The Morgan fingerprint density at radius 1 is 1.32 bits per heavy atom. The van der Waals surface area contributed by atoms with Gasteiger partial charge >= 0.3 is 0 Å². The molecule has 5 nitrogen and oxygen atoms in total. The standard InChI is InChI=1S/C19H23N3O2S/c1-3-20-19(24)14-5-4-6-15(11-14)21-18(23)12-22-9-7-17-16(13(22)2)8-10-25-17/h4-6,8,10-11,13H,3,7,9,12H2,1-2H3,(H,20,24)(H,21,23)/t13-/m1/s1. The van der Waals surface area contributed by atoms with Crippen molar-refractivity contribution in [3.8, 4) is 0 Å². The van der Waals surface area contributed by atoms with Crippen molar-refractivity contribution >= 4 is 28.8 Å². The van der Waals surface area contributed by atoms with E-state index in [0.29, 0.717) is 24.3 Å². The summed E-state index contributed by atoms with van der Waals surface area (Å²) in [6.07, 6.45) is 0.997. The monoisotopic (exact) mass is 357 g/mol. The second-order valence-electron chi connectivity index (χ2n) is 6.18. The molecule has 2 N–H and O–H groups in total. The zero-order valence-electron chi connectivity index (χ0n) is 14.5. The molecular formula is C19H23N3O2S. The Morgan fingerprint density at radius 3 is 2.96 bits per heavy atom. The molecule has 0 unspecified atom stereocenters. The largest absolute Gasteiger partial charge is 0.352 e. The van der Waals surface area contributed by atoms with Crippen molar-refractivity contribution in [2.45, 2.75) is 26.3 Å². The first-order valence-electron chi connectivity index (χ1n) is 8.57. The molecule has 3 rings (SSSR count). The first-order valence-corrected chi connectivity index (χ1v) is 9.45. The zero-order chi connectivity index (χ0) is 17.8. The van der Waals surface area contributed by atoms with Crippen LogP contribution in [0.2, 0.25) is 0 Å². The van der Waals surface area contributed by atoms with E-state index in [1.54, 1.807) is 35.6 Å². The number of benzene rings is 1. The molecule has 25 heavy (non-hydrogen) atoms. The van der Waals surface area contributed by atoms with Crippen molar-refractivity contribution < 1.29 is 9.59 Å². The van der Waals surface area contributed by atoms with Gasteiger partial charge in [-0.15, -0.1) is 11.3 Å². The first-order chi connectivity index (χ1) is 12.1. The van der Waals surface area contributed by atoms with E-state index in [1.165, 1.54) is 10.4 Å². The highest BCUT2D eigenvalue weighted by Crippen LogP contribution is 2.32. The minimum absolute atomic E-state index is 0.0569. The van der Waals surface area contributed by atoms with Crippen LogP contribution in [-0.4, -0.2) is 36.3 Å². The molecule has 1 atom stereocenters. The normalized spacial score (nSPS) is 17.0. The van der Waals surface area contributed by atoms with E-state index in [1.807, 2.05) is 6.92 Å². The van der Waals surface area contributed by atoms with E-state index in [9.17, 15) is 9.59 Å². The van der Waals surface area contributed by atoms with Crippen LogP contribution < -0.4 is 10.6 Å². The number of rotatable bonds is 5. The van der Waals surface area contributed by atoms with Gasteiger partial charge in [-0.25, -0.2) is 0 Å². The molecule has 0 spiro atoms. The van der Waals surface area contributed by atoms with Gasteiger partial charge in [0.05, 0.1) is 6.54 Å². The molecule has 0 radical (unpaired) electrons. The fourth-order valence-electron chi connectivity index (χ4n) is 3.16. The lowest BCUT2D eigenvalue weighted by molar-refractivity contribution is -0.117. The van der Waals surface area contributed by atoms with Crippen LogP contribution in [0, 0.1) is 0 Å². The Bertz CT molecular complexity index is 772. The summed E-state index contributed by atoms with van der Waals surface area (Å²) >= 11 is 1.80. The Morgan fingerprint density at radius 2 is 2.16 bits per heavy atom. The molecule has 2 amide bonds. The number of amides is 2. The third-order valence-corrected chi connectivity index (χ3v) is 5.49. The fourth-order valence-corrected chi connectivity index (χ4v) is 4.13. The van der Waals surface area contributed by atoms with Crippen molar-refractivity contribution in [3.05, 3.63) is 51.7 Å². The Balaban J connectivity index is 1.62. The van der Waals surface area contributed by atoms with Crippen molar-refractivity contribution in [2.75, 3.05) is 25.0 Å². The first kappa shape index (κ1) is 17.6. The molecule has 0 fully saturated rings. The number of carbonyl (C=O) groups excluding carboxylic acids is 2. The SMILES string of the molecule is CCNC(=O)c1cccc(NC(=O)CN2CCc3sccc3[C@H]2C)c1. The molecule has 0 aliphatic carbocycles. The quantitative estimate of drug-likeness (QED) is 0.865. The van der Waals surface area contributed by atoms with E-state index >= 15 is 0 Å². The summed E-state index contributed by atoms with van der Waals surface area (Å²) in [5.74, 6) is -0.188. The summed E-state index contributed by atoms with van der Waals surface area (Å²) in [4.78, 5) is 28.0. The van der Waals surface area contributed by atoms with E-state index < -0.39 is 0 Å². The van der Waals surface area contributed by atoms with Crippen LogP contribution in [0.1, 0.15) is 40.7 Å². The number of hydrogen-bond donors (Lipinski definition) is 2. The van der Waals surface area contributed by atoms with Crippen molar-refractivity contribution in [1.82, 2.24) is 10.2 Å². The lowest BCUT2D eigenvalue weighted by Gasteiger charge is -2.32. The minimum Gasteiger partial charge on any atom is -0.352 e. The maximum atomic E-state index is 12.4. The summed E-state index contributed by atoms with van der Waals surface area (Å²) in [6, 6.07) is 9.44. The number of nitrogens with zero attached hydrogens (tertiary/aromatic N) is 1. The predicted octanol–water partition coefficient (Wildman–Crippen LogP) is 3.06. The molecule has 1 aromatic heterocycles. The van der Waals surface area contributed by atoms with Gasteiger partial charge < -0.3 is 10.6 Å². The van der Waals surface area contributed by atoms with Crippen molar-refractivity contribution in [2.24, 2.45) is 0 Å². The summed E-state index contributed by atoms with van der Waals surface area (Å²) in [6.45, 7) is 5.84. The molecule has 2 heterocycles. The number of anilines is 1. The number of carbonyl (C=O) groups is 2. The molecule has 0 saturated heterocycles. The molecule has 1 aliphatic rings. The number of nitrogens with one attached hydrogen (secondary N) is 2. The lowest BCUT2D eigenvalue weighted by atomic mass is 10.0. The fraction of sp³-hybridized carbons (Fsp3) is 0.368. The summed E-state index contributed by atoms with van der Waals surface area (Å²) < 4.78 is 0. The average Bonchev–Trinajstić information content (AvgIpc) is 3.07. The second-order valence-corrected chi connectivity index (χ2v) is 7.18. The van der Waals surface area contributed by atoms with Gasteiger partial charge in [0.2, 0.25) is 5.91 Å². The van der Waals surface area contributed by atoms with Crippen molar-refractivity contribution in [3.63, 3.8) is 0 Å². The van der Waals surface area contributed by atoms with Gasteiger partial charge in [0, 0.05) is 35.3 Å². The Kier molecular flexibility index (Phi) is 5.50. The summed E-state index contributed by atoms with van der Waals surface area (Å²) in [7, 11) is 0. The molecule has 1 aromatic carbocycles. The van der Waals surface area contributed by atoms with Crippen LogP contribution in [0.15, 0.2) is 35.7 Å². The van der Waals surface area contributed by atoms with Crippen LogP contribution in [0.3, 0.4) is 0 Å². The van der Waals surface area contributed by atoms with E-state index in [0.717, 1.165) is 13.0 Å². The maximum absolute atomic E-state index is 12.4. The van der Waals surface area contributed by atoms with E-state index in [4.69, 9.17) is 0 Å². The van der Waals surface area contributed by atoms with Crippen LogP contribution in [0.25, 0.3) is 0 Å². The second kappa shape index (κ2) is 7.80. The van der Waals surface area contributed by atoms with E-state index in [2.05, 4.69) is 33.9 Å². The zero-order valence-corrected chi connectivity index (χ0v) is 15.4. The van der Waals surface area contributed by atoms with Crippen LogP contribution in [-0.2, 0) is 11.2 Å². The minimum atomic E-state index is -0.131.